The number of rotatable bonds is 7. The first-order valence-corrected chi connectivity index (χ1v) is 11.5. The van der Waals surface area contributed by atoms with Crippen molar-refractivity contribution in [3.05, 3.63) is 46.6 Å². The summed E-state index contributed by atoms with van der Waals surface area (Å²) in [6.07, 6.45) is 5.16. The maximum atomic E-state index is 12.5. The van der Waals surface area contributed by atoms with Crippen LogP contribution in [0, 0.1) is 11.3 Å². The summed E-state index contributed by atoms with van der Waals surface area (Å²) in [6, 6.07) is 9.79. The summed E-state index contributed by atoms with van der Waals surface area (Å²) in [4.78, 5) is 21.8. The summed E-state index contributed by atoms with van der Waals surface area (Å²) in [5.74, 6) is 1.58. The van der Waals surface area contributed by atoms with Crippen molar-refractivity contribution in [3.63, 3.8) is 0 Å². The number of fused-ring (bicyclic) bond motifs is 1. The van der Waals surface area contributed by atoms with Gasteiger partial charge in [-0.2, -0.15) is 5.26 Å². The highest BCUT2D eigenvalue weighted by Gasteiger charge is 2.27. The Balaban J connectivity index is 1.39. The second-order valence-corrected chi connectivity index (χ2v) is 8.47. The number of nitriles is 1. The van der Waals surface area contributed by atoms with Crippen molar-refractivity contribution in [2.24, 2.45) is 0 Å². The van der Waals surface area contributed by atoms with Gasteiger partial charge in [0.1, 0.15) is 17.6 Å². The lowest BCUT2D eigenvalue weighted by Gasteiger charge is -2.36. The van der Waals surface area contributed by atoms with Crippen molar-refractivity contribution in [2.75, 3.05) is 50.1 Å². The summed E-state index contributed by atoms with van der Waals surface area (Å²) in [5, 5.41) is 12.8. The Morgan fingerprint density at radius 2 is 1.88 bits per heavy atom. The Bertz CT molecular complexity index is 1000. The predicted molar refractivity (Wildman–Crippen MR) is 125 cm³/mol. The second kappa shape index (κ2) is 10.0. The maximum Gasteiger partial charge on any atom is 0.238 e. The molecule has 0 spiro atoms. The molecule has 0 bridgehead atoms. The number of hydrogen-bond donors (Lipinski definition) is 1. The van der Waals surface area contributed by atoms with Gasteiger partial charge >= 0.3 is 0 Å². The summed E-state index contributed by atoms with van der Waals surface area (Å²) in [6.45, 7) is 5.59. The fourth-order valence-electron chi connectivity index (χ4n) is 4.71. The molecule has 2 aliphatic rings. The summed E-state index contributed by atoms with van der Waals surface area (Å²) in [5.41, 5.74) is 5.25. The first-order valence-electron chi connectivity index (χ1n) is 11.5. The Labute approximate surface area is 190 Å². The van der Waals surface area contributed by atoms with E-state index in [-0.39, 0.29) is 5.91 Å². The SMILES string of the molecule is CCCc1nc(N2CCN(CC(=O)Nc3ccc(OC)cc3)CC2)c(C#N)c2c1CCC2. The number of ether oxygens (including phenoxy) is 1. The first kappa shape index (κ1) is 22.1. The van der Waals surface area contributed by atoms with Crippen LogP contribution in [0.15, 0.2) is 24.3 Å². The number of carbonyl (C=O) groups excluding carboxylic acids is 1. The number of nitrogens with one attached hydrogen (secondary N) is 1. The minimum atomic E-state index is -0.0257. The van der Waals surface area contributed by atoms with E-state index in [1.165, 1.54) is 16.8 Å². The van der Waals surface area contributed by atoms with E-state index in [2.05, 4.69) is 28.1 Å². The second-order valence-electron chi connectivity index (χ2n) is 8.47. The molecule has 0 unspecified atom stereocenters. The molecule has 1 saturated heterocycles. The smallest absolute Gasteiger partial charge is 0.238 e. The van der Waals surface area contributed by atoms with Gasteiger partial charge in [-0.25, -0.2) is 4.98 Å². The number of aryl methyl sites for hydroxylation is 1. The minimum absolute atomic E-state index is 0.0257. The van der Waals surface area contributed by atoms with E-state index in [4.69, 9.17) is 9.72 Å². The third-order valence-corrected chi connectivity index (χ3v) is 6.34. The van der Waals surface area contributed by atoms with Crippen molar-refractivity contribution in [1.82, 2.24) is 9.88 Å². The number of piperazine rings is 1. The summed E-state index contributed by atoms with van der Waals surface area (Å²) >= 11 is 0. The molecule has 1 N–H and O–H groups in total. The Kier molecular flexibility index (Phi) is 6.91. The standard InChI is InChI=1S/C25H31N5O2/c1-3-5-23-21-7-4-6-20(21)22(16-26)25(28-23)30-14-12-29(13-15-30)17-24(31)27-18-8-10-19(32-2)11-9-18/h8-11H,3-7,12-15,17H2,1-2H3,(H,27,31). The number of aromatic nitrogens is 1. The molecule has 2 aromatic rings. The Morgan fingerprint density at radius 3 is 2.53 bits per heavy atom. The van der Waals surface area contributed by atoms with Gasteiger partial charge in [-0.3, -0.25) is 9.69 Å². The van der Waals surface area contributed by atoms with Crippen LogP contribution in [-0.2, 0) is 24.1 Å². The molecule has 1 amide bonds. The number of amides is 1. The number of carbonyl (C=O) groups is 1. The zero-order valence-corrected chi connectivity index (χ0v) is 19.0. The van der Waals surface area contributed by atoms with E-state index in [0.29, 0.717) is 6.54 Å². The number of methoxy groups -OCH3 is 1. The van der Waals surface area contributed by atoms with Crippen LogP contribution in [0.4, 0.5) is 11.5 Å². The van der Waals surface area contributed by atoms with Crippen molar-refractivity contribution in [1.29, 1.82) is 5.26 Å². The Morgan fingerprint density at radius 1 is 1.16 bits per heavy atom. The van der Waals surface area contributed by atoms with Crippen molar-refractivity contribution in [2.45, 2.75) is 39.0 Å². The molecule has 1 aromatic carbocycles. The first-order chi connectivity index (χ1) is 15.6. The van der Waals surface area contributed by atoms with E-state index < -0.39 is 0 Å². The predicted octanol–water partition coefficient (Wildman–Crippen LogP) is 3.16. The van der Waals surface area contributed by atoms with Gasteiger partial charge in [-0.15, -0.1) is 0 Å². The third kappa shape index (κ3) is 4.71. The molecule has 7 nitrogen and oxygen atoms in total. The van der Waals surface area contributed by atoms with Crippen LogP contribution in [0.3, 0.4) is 0 Å². The lowest BCUT2D eigenvalue weighted by molar-refractivity contribution is -0.117. The highest BCUT2D eigenvalue weighted by atomic mass is 16.5. The molecule has 2 heterocycles. The zero-order chi connectivity index (χ0) is 22.5. The number of anilines is 2. The maximum absolute atomic E-state index is 12.5. The highest BCUT2D eigenvalue weighted by molar-refractivity contribution is 5.92. The molecule has 0 radical (unpaired) electrons. The van der Waals surface area contributed by atoms with E-state index in [9.17, 15) is 10.1 Å². The van der Waals surface area contributed by atoms with Gasteiger partial charge in [0, 0.05) is 37.6 Å². The molecule has 1 aliphatic heterocycles. The van der Waals surface area contributed by atoms with Gasteiger partial charge in [-0.1, -0.05) is 13.3 Å². The van der Waals surface area contributed by atoms with Crippen LogP contribution < -0.4 is 15.0 Å². The lowest BCUT2D eigenvalue weighted by atomic mass is 10.0. The summed E-state index contributed by atoms with van der Waals surface area (Å²) in [7, 11) is 1.62. The van der Waals surface area contributed by atoms with E-state index in [1.54, 1.807) is 7.11 Å². The van der Waals surface area contributed by atoms with E-state index in [0.717, 1.165) is 81.1 Å². The molecule has 4 rings (SSSR count). The topological polar surface area (TPSA) is 81.5 Å². The molecule has 32 heavy (non-hydrogen) atoms. The monoisotopic (exact) mass is 433 g/mol. The van der Waals surface area contributed by atoms with Gasteiger partial charge in [0.25, 0.3) is 0 Å². The van der Waals surface area contributed by atoms with Crippen LogP contribution in [0.5, 0.6) is 5.75 Å². The van der Waals surface area contributed by atoms with Gasteiger partial charge in [0.15, 0.2) is 0 Å². The minimum Gasteiger partial charge on any atom is -0.497 e. The molecule has 1 aliphatic carbocycles. The largest absolute Gasteiger partial charge is 0.497 e. The normalized spacial score (nSPS) is 15.8. The van der Waals surface area contributed by atoms with Crippen molar-refractivity contribution in [3.8, 4) is 11.8 Å². The number of nitrogens with zero attached hydrogens (tertiary/aromatic N) is 4. The van der Waals surface area contributed by atoms with Gasteiger partial charge < -0.3 is 15.0 Å². The Hall–Kier alpha value is -3.11. The molecule has 168 valence electrons. The number of benzene rings is 1. The highest BCUT2D eigenvalue weighted by Crippen LogP contribution is 2.33. The van der Waals surface area contributed by atoms with Gasteiger partial charge in [0.2, 0.25) is 5.91 Å². The van der Waals surface area contributed by atoms with E-state index in [1.807, 2.05) is 24.3 Å². The van der Waals surface area contributed by atoms with Crippen LogP contribution in [-0.4, -0.2) is 55.6 Å². The average Bonchev–Trinajstić information content (AvgIpc) is 3.30. The molecule has 7 heteroatoms. The van der Waals surface area contributed by atoms with Crippen molar-refractivity contribution < 1.29 is 9.53 Å². The van der Waals surface area contributed by atoms with Crippen LogP contribution in [0.1, 0.15) is 42.1 Å². The molecule has 1 aromatic heterocycles. The molecular weight excluding hydrogens is 402 g/mol. The van der Waals surface area contributed by atoms with Crippen LogP contribution in [0.2, 0.25) is 0 Å². The zero-order valence-electron chi connectivity index (χ0n) is 19.0. The van der Waals surface area contributed by atoms with Crippen LogP contribution in [0.25, 0.3) is 0 Å². The lowest BCUT2D eigenvalue weighted by Crippen LogP contribution is -2.49. The fraction of sp³-hybridized carbons (Fsp3) is 0.480. The third-order valence-electron chi connectivity index (χ3n) is 6.34. The molecular formula is C25H31N5O2. The summed E-state index contributed by atoms with van der Waals surface area (Å²) < 4.78 is 5.15. The average molecular weight is 434 g/mol. The van der Waals surface area contributed by atoms with Gasteiger partial charge in [0.05, 0.1) is 19.2 Å². The fourth-order valence-corrected chi connectivity index (χ4v) is 4.71. The molecule has 0 saturated carbocycles. The van der Waals surface area contributed by atoms with Crippen molar-refractivity contribution >= 4 is 17.4 Å². The van der Waals surface area contributed by atoms with Crippen LogP contribution >= 0.6 is 0 Å². The number of pyridine rings is 1. The van der Waals surface area contributed by atoms with Gasteiger partial charge in [-0.05, 0) is 61.1 Å². The van der Waals surface area contributed by atoms with E-state index >= 15 is 0 Å². The molecule has 1 fully saturated rings. The number of hydrogen-bond acceptors (Lipinski definition) is 6. The quantitative estimate of drug-likeness (QED) is 0.722. The molecule has 0 atom stereocenters.